The molecule has 0 saturated heterocycles. The molecule has 0 radical (unpaired) electrons. The summed E-state index contributed by atoms with van der Waals surface area (Å²) >= 11 is 1.02. The molecule has 0 aliphatic rings. The largest absolute Gasteiger partial charge is 0.473 e. The lowest BCUT2D eigenvalue weighted by atomic mass is 10.1. The monoisotopic (exact) mass is 526 g/mol. The van der Waals surface area contributed by atoms with Gasteiger partial charge in [-0.2, -0.15) is 18.2 Å². The number of thiazole rings is 2. The fourth-order valence-corrected chi connectivity index (χ4v) is 5.57. The highest BCUT2D eigenvalue weighted by atomic mass is 32.2. The number of nitrogens with one attached hydrogen (secondary N) is 1. The average molecular weight is 526 g/mol. The van der Waals surface area contributed by atoms with Crippen LogP contribution >= 0.6 is 22.0 Å². The van der Waals surface area contributed by atoms with Crippen LogP contribution in [0.15, 0.2) is 48.0 Å². The number of hydrogen-bond acceptors (Lipinski definition) is 5. The molecule has 2 heterocycles. The molecular formula is C22H13F5N3O3S2+. The number of carboxylic acid groups (broad SMARTS) is 1. The van der Waals surface area contributed by atoms with Crippen molar-refractivity contribution in [2.45, 2.75) is 13.1 Å². The molecule has 0 bridgehead atoms. The first-order valence-electron chi connectivity index (χ1n) is 9.62. The molecule has 180 valence electrons. The minimum atomic E-state index is -4.57. The second-order valence-corrected chi connectivity index (χ2v) is 9.74. The first-order valence-corrected chi connectivity index (χ1v) is 11.7. The molecule has 2 N–H and O–H groups in total. The van der Waals surface area contributed by atoms with Gasteiger partial charge in [0.2, 0.25) is 4.88 Å². The summed E-state index contributed by atoms with van der Waals surface area (Å²) in [4.78, 5) is 33.2. The zero-order valence-corrected chi connectivity index (χ0v) is 19.1. The van der Waals surface area contributed by atoms with E-state index in [0.717, 1.165) is 41.7 Å². The van der Waals surface area contributed by atoms with Crippen LogP contribution in [-0.4, -0.2) is 27.0 Å². The van der Waals surface area contributed by atoms with Crippen molar-refractivity contribution in [1.29, 1.82) is 0 Å². The van der Waals surface area contributed by atoms with E-state index in [4.69, 9.17) is 0 Å². The maximum Gasteiger partial charge on any atom is 0.416 e. The Morgan fingerprint density at radius 1 is 1.06 bits per heavy atom. The first kappa shape index (κ1) is 24.4. The summed E-state index contributed by atoms with van der Waals surface area (Å²) in [7, 11) is -1.70. The smallest absolute Gasteiger partial charge is 0.416 e. The number of benzene rings is 2. The van der Waals surface area contributed by atoms with Crippen LogP contribution in [0.25, 0.3) is 21.8 Å². The number of carbonyl (C=O) groups excluding carboxylic acids is 1. The van der Waals surface area contributed by atoms with Gasteiger partial charge in [-0.15, -0.1) is 16.1 Å². The number of carbonyl (C=O) groups is 2. The predicted molar refractivity (Wildman–Crippen MR) is 120 cm³/mol. The summed E-state index contributed by atoms with van der Waals surface area (Å²) < 4.78 is 69.9. The molecule has 35 heavy (non-hydrogen) atoms. The van der Waals surface area contributed by atoms with Gasteiger partial charge in [0.05, 0.1) is 16.0 Å². The lowest BCUT2D eigenvalue weighted by Crippen LogP contribution is -2.16. The van der Waals surface area contributed by atoms with Crippen LogP contribution in [0.1, 0.15) is 30.6 Å². The third kappa shape index (κ3) is 4.64. The summed E-state index contributed by atoms with van der Waals surface area (Å²) in [6, 6.07) is 7.37. The molecule has 0 spiro atoms. The molecule has 13 heteroatoms. The van der Waals surface area contributed by atoms with E-state index in [0.29, 0.717) is 4.88 Å². The van der Waals surface area contributed by atoms with Gasteiger partial charge < -0.3 is 5.11 Å². The topological polar surface area (TPSA) is 92.2 Å². The number of halogens is 5. The fraction of sp³-hybridized carbons (Fsp3) is 0.0909. The highest BCUT2D eigenvalue weighted by Gasteiger charge is 2.37. The second kappa shape index (κ2) is 9.15. The summed E-state index contributed by atoms with van der Waals surface area (Å²) in [6.45, 7) is 1.45. The Hall–Kier alpha value is -3.71. The van der Waals surface area contributed by atoms with Crippen molar-refractivity contribution in [1.82, 2.24) is 9.97 Å². The van der Waals surface area contributed by atoms with Gasteiger partial charge in [0, 0.05) is 6.92 Å². The maximum absolute atomic E-state index is 14.0. The molecule has 0 saturated carbocycles. The van der Waals surface area contributed by atoms with E-state index in [-0.39, 0.29) is 21.8 Å². The van der Waals surface area contributed by atoms with Crippen LogP contribution < -0.4 is 4.72 Å². The van der Waals surface area contributed by atoms with E-state index in [1.54, 1.807) is 0 Å². The van der Waals surface area contributed by atoms with E-state index in [2.05, 4.69) is 14.7 Å². The Labute approximate surface area is 200 Å². The van der Waals surface area contributed by atoms with Crippen molar-refractivity contribution in [3.63, 3.8) is 0 Å². The predicted octanol–water partition coefficient (Wildman–Crippen LogP) is 6.31. The Morgan fingerprint density at radius 2 is 1.71 bits per heavy atom. The molecule has 0 fully saturated rings. The van der Waals surface area contributed by atoms with E-state index >= 15 is 0 Å². The summed E-state index contributed by atoms with van der Waals surface area (Å²) in [5.74, 6) is -4.94. The van der Waals surface area contributed by atoms with Crippen LogP contribution in [0, 0.1) is 18.6 Å². The van der Waals surface area contributed by atoms with Crippen LogP contribution in [0.5, 0.6) is 0 Å². The molecule has 4 aromatic rings. The van der Waals surface area contributed by atoms with Crippen molar-refractivity contribution in [2.24, 2.45) is 0 Å². The van der Waals surface area contributed by atoms with E-state index in [1.807, 2.05) is 0 Å². The molecule has 1 amide bonds. The van der Waals surface area contributed by atoms with Crippen molar-refractivity contribution in [2.75, 3.05) is 4.72 Å². The third-order valence-corrected chi connectivity index (χ3v) is 7.58. The Bertz CT molecular complexity index is 1440. The van der Waals surface area contributed by atoms with E-state index in [1.165, 1.54) is 24.6 Å². The Kier molecular flexibility index (Phi) is 6.38. The summed E-state index contributed by atoms with van der Waals surface area (Å²) in [6.07, 6.45) is -4.57. The van der Waals surface area contributed by atoms with Crippen LogP contribution in [0.4, 0.5) is 22.0 Å². The third-order valence-electron chi connectivity index (χ3n) is 4.86. The number of aromatic carboxylic acids is 1. The Morgan fingerprint density at radius 3 is 2.34 bits per heavy atom. The zero-order valence-electron chi connectivity index (χ0n) is 17.5. The van der Waals surface area contributed by atoms with Gasteiger partial charge in [-0.25, -0.2) is 18.6 Å². The number of rotatable bonds is 5. The second-order valence-electron chi connectivity index (χ2n) is 7.07. The fourth-order valence-electron chi connectivity index (χ4n) is 3.26. The van der Waals surface area contributed by atoms with Gasteiger partial charge in [0.25, 0.3) is 0 Å². The van der Waals surface area contributed by atoms with Crippen LogP contribution in [0.3, 0.4) is 0 Å². The number of hydrogen-bond donors (Lipinski definition) is 2. The molecule has 4 rings (SSSR count). The molecule has 0 aliphatic heterocycles. The number of nitrogens with zero attached hydrogens (tertiary/aromatic N) is 2. The van der Waals surface area contributed by atoms with Crippen LogP contribution in [-0.2, 0) is 6.18 Å². The van der Waals surface area contributed by atoms with E-state index in [9.17, 15) is 36.6 Å². The normalized spacial score (nSPS) is 12.0. The van der Waals surface area contributed by atoms with Gasteiger partial charge in [0.1, 0.15) is 33.5 Å². The number of carboxylic acids is 1. The zero-order chi connectivity index (χ0) is 25.5. The summed E-state index contributed by atoms with van der Waals surface area (Å²) in [5.41, 5.74) is -0.0516. The van der Waals surface area contributed by atoms with Crippen molar-refractivity contribution < 1.29 is 36.6 Å². The molecule has 2 aromatic heterocycles. The number of amides is 1. The van der Waals surface area contributed by atoms with Crippen molar-refractivity contribution in [3.8, 4) is 21.8 Å². The molecule has 1 atom stereocenters. The SMILES string of the molecule is Cc1c(-c2ncsc2-c2cccc(C(F)(F)F)c2)nc(C(=O)O)[s+]1NC(=O)c1c(F)cccc1F. The number of aromatic nitrogens is 2. The van der Waals surface area contributed by atoms with Crippen LogP contribution in [0.2, 0.25) is 0 Å². The molecular weight excluding hydrogens is 513 g/mol. The van der Waals surface area contributed by atoms with Crippen molar-refractivity contribution >= 4 is 33.9 Å². The first-order chi connectivity index (χ1) is 16.5. The molecule has 6 nitrogen and oxygen atoms in total. The minimum absolute atomic E-state index is 0.0358. The summed E-state index contributed by atoms with van der Waals surface area (Å²) in [5, 5.41) is 9.12. The molecule has 2 aromatic carbocycles. The number of alkyl halides is 3. The standard InChI is InChI=1S/C22H12F5N3O3S2/c1-10-16(17-18(34-9-28-17)11-4-2-5-12(8-11)22(25,26)27)29-20(21(32)33)35(10)30-19(31)15-13(23)6-3-7-14(15)24/h2-9H,1H3,(H-,30,31,32,33)/p+1. The van der Waals surface area contributed by atoms with Gasteiger partial charge >= 0.3 is 23.1 Å². The van der Waals surface area contributed by atoms with Crippen molar-refractivity contribution in [3.05, 3.63) is 80.6 Å². The molecule has 0 aliphatic carbocycles. The minimum Gasteiger partial charge on any atom is -0.473 e. The van der Waals surface area contributed by atoms with Gasteiger partial charge in [0.15, 0.2) is 5.69 Å². The maximum atomic E-state index is 14.0. The van der Waals surface area contributed by atoms with Gasteiger partial charge in [-0.05, 0) is 29.8 Å². The lowest BCUT2D eigenvalue weighted by molar-refractivity contribution is -0.137. The quantitative estimate of drug-likeness (QED) is 0.235. The highest BCUT2D eigenvalue weighted by molar-refractivity contribution is 7.36. The van der Waals surface area contributed by atoms with Gasteiger partial charge in [-0.3, -0.25) is 4.79 Å². The lowest BCUT2D eigenvalue weighted by Gasteiger charge is -2.08. The average Bonchev–Trinajstić information content (AvgIpc) is 3.38. The highest BCUT2D eigenvalue weighted by Crippen LogP contribution is 2.42. The van der Waals surface area contributed by atoms with E-state index < -0.39 is 56.5 Å². The Balaban J connectivity index is 1.80. The molecule has 1 unspecified atom stereocenters. The van der Waals surface area contributed by atoms with Gasteiger partial charge in [-0.1, -0.05) is 18.2 Å².